The van der Waals surface area contributed by atoms with Gasteiger partial charge in [0.1, 0.15) is 6.10 Å². The Hall–Kier alpha value is -1.36. The van der Waals surface area contributed by atoms with Crippen molar-refractivity contribution in [1.29, 1.82) is 0 Å². The second-order valence-electron chi connectivity index (χ2n) is 6.32. The molecule has 1 aliphatic rings. The van der Waals surface area contributed by atoms with E-state index in [0.717, 1.165) is 11.6 Å². The van der Waals surface area contributed by atoms with Gasteiger partial charge in [-0.25, -0.2) is 0 Å². The lowest BCUT2D eigenvalue weighted by atomic mass is 9.71. The summed E-state index contributed by atoms with van der Waals surface area (Å²) < 4.78 is 41.8. The number of rotatable bonds is 4. The first-order chi connectivity index (χ1) is 9.98. The Kier molecular flexibility index (Phi) is 5.79. The highest BCUT2D eigenvalue weighted by Gasteiger charge is 2.37. The topological polar surface area (TPSA) is 26.3 Å². The van der Waals surface area contributed by atoms with Gasteiger partial charge in [0, 0.05) is 7.11 Å². The summed E-state index contributed by atoms with van der Waals surface area (Å²) in [5, 5.41) is 0. The third kappa shape index (κ3) is 4.83. The van der Waals surface area contributed by atoms with Crippen LogP contribution in [0, 0.1) is 5.41 Å². The fraction of sp³-hybridized carbons (Fsp3) is 0.588. The maximum Gasteiger partial charge on any atom is 0.392 e. The van der Waals surface area contributed by atoms with Gasteiger partial charge in [-0.15, -0.1) is 0 Å². The van der Waals surface area contributed by atoms with E-state index in [1.807, 2.05) is 13.8 Å². The lowest BCUT2D eigenvalue weighted by Crippen LogP contribution is -2.37. The minimum Gasteiger partial charge on any atom is -0.373 e. The zero-order valence-corrected chi connectivity index (χ0v) is 13.7. The molecule has 0 saturated heterocycles. The maximum atomic E-state index is 12.2. The van der Waals surface area contributed by atoms with Crippen LogP contribution in [0.15, 0.2) is 34.9 Å². The van der Waals surface area contributed by atoms with Crippen molar-refractivity contribution in [2.45, 2.75) is 52.8 Å². The molecule has 0 aliphatic heterocycles. The second kappa shape index (κ2) is 6.82. The lowest BCUT2D eigenvalue weighted by Gasteiger charge is -2.36. The van der Waals surface area contributed by atoms with Gasteiger partial charge in [0.15, 0.2) is 5.78 Å². The van der Waals surface area contributed by atoms with Crippen molar-refractivity contribution in [2.75, 3.05) is 7.11 Å². The van der Waals surface area contributed by atoms with Crippen molar-refractivity contribution in [3.05, 3.63) is 34.9 Å². The summed E-state index contributed by atoms with van der Waals surface area (Å²) in [4.78, 5) is 12.2. The number of ketones is 1. The average Bonchev–Trinajstić information content (AvgIpc) is 2.39. The number of carbonyl (C=O) groups is 1. The van der Waals surface area contributed by atoms with Crippen LogP contribution < -0.4 is 0 Å². The Labute approximate surface area is 129 Å². The minimum atomic E-state index is -4.20. The van der Waals surface area contributed by atoms with Crippen LogP contribution >= 0.6 is 0 Å². The minimum absolute atomic E-state index is 0.0570. The Balaban J connectivity index is 3.01. The first-order valence-electron chi connectivity index (χ1n) is 7.18. The fourth-order valence-corrected chi connectivity index (χ4v) is 2.65. The van der Waals surface area contributed by atoms with Crippen molar-refractivity contribution in [3.63, 3.8) is 0 Å². The fourth-order valence-electron chi connectivity index (χ4n) is 2.65. The molecule has 0 heterocycles. The van der Waals surface area contributed by atoms with E-state index in [0.29, 0.717) is 17.6 Å². The molecule has 5 heteroatoms. The number of allylic oxidation sites excluding steroid dienone is 5. The van der Waals surface area contributed by atoms with Gasteiger partial charge in [0.05, 0.1) is 6.42 Å². The summed E-state index contributed by atoms with van der Waals surface area (Å²) in [6, 6.07) is 0. The van der Waals surface area contributed by atoms with Crippen molar-refractivity contribution in [3.8, 4) is 0 Å². The van der Waals surface area contributed by atoms with E-state index in [1.54, 1.807) is 26.0 Å². The van der Waals surface area contributed by atoms with Gasteiger partial charge < -0.3 is 4.74 Å². The molecule has 1 aliphatic carbocycles. The molecule has 0 aromatic rings. The predicted molar refractivity (Wildman–Crippen MR) is 80.5 cm³/mol. The number of hydrogen-bond donors (Lipinski definition) is 0. The van der Waals surface area contributed by atoms with Crippen LogP contribution in [0.1, 0.15) is 40.5 Å². The number of Topliss-reactive ketones (excluding diaryl/α,β-unsaturated/α-hetero) is 1. The Morgan fingerprint density at radius 2 is 2.00 bits per heavy atom. The summed E-state index contributed by atoms with van der Waals surface area (Å²) in [6.07, 6.45) is -0.513. The van der Waals surface area contributed by atoms with Crippen LogP contribution in [-0.2, 0) is 9.53 Å². The summed E-state index contributed by atoms with van der Waals surface area (Å²) in [6.45, 7) is 7.37. The lowest BCUT2D eigenvalue weighted by molar-refractivity contribution is -0.127. The van der Waals surface area contributed by atoms with Gasteiger partial charge in [-0.3, -0.25) is 4.79 Å². The molecule has 2 nitrogen and oxygen atoms in total. The second-order valence-corrected chi connectivity index (χ2v) is 6.32. The van der Waals surface area contributed by atoms with Crippen LogP contribution in [0.2, 0.25) is 0 Å². The number of hydrogen-bond acceptors (Lipinski definition) is 2. The normalized spacial score (nSPS) is 23.5. The van der Waals surface area contributed by atoms with Gasteiger partial charge in [-0.1, -0.05) is 37.6 Å². The van der Waals surface area contributed by atoms with E-state index in [-0.39, 0.29) is 11.2 Å². The van der Waals surface area contributed by atoms with Crippen LogP contribution in [0.25, 0.3) is 0 Å². The molecule has 0 radical (unpaired) electrons. The third-order valence-corrected chi connectivity index (χ3v) is 3.94. The van der Waals surface area contributed by atoms with Gasteiger partial charge in [-0.05, 0) is 36.8 Å². The van der Waals surface area contributed by atoms with Crippen LogP contribution in [0.4, 0.5) is 13.2 Å². The monoisotopic (exact) mass is 316 g/mol. The van der Waals surface area contributed by atoms with E-state index >= 15 is 0 Å². The van der Waals surface area contributed by atoms with Gasteiger partial charge in [0.25, 0.3) is 0 Å². The standard InChI is InChI=1S/C17H23F3O2/c1-11(8-9-17(18,19)20)6-7-13-12(2)15(21)14(22-5)10-16(13,3)4/h6-8,14H,9-10H2,1-5H3/b7-6+,11-8+. The average molecular weight is 316 g/mol. The molecule has 0 fully saturated rings. The number of carbonyl (C=O) groups excluding carboxylic acids is 1. The van der Waals surface area contributed by atoms with Crippen LogP contribution in [0.5, 0.6) is 0 Å². The van der Waals surface area contributed by atoms with Crippen LogP contribution in [0.3, 0.4) is 0 Å². The first-order valence-corrected chi connectivity index (χ1v) is 7.18. The van der Waals surface area contributed by atoms with E-state index in [2.05, 4.69) is 0 Å². The van der Waals surface area contributed by atoms with Gasteiger partial charge in [-0.2, -0.15) is 13.2 Å². The van der Waals surface area contributed by atoms with E-state index in [9.17, 15) is 18.0 Å². The summed E-state index contributed by atoms with van der Waals surface area (Å²) in [7, 11) is 1.51. The molecule has 0 bridgehead atoms. The quantitative estimate of drug-likeness (QED) is 0.698. The summed E-state index contributed by atoms with van der Waals surface area (Å²) in [5.74, 6) is -0.0570. The smallest absolute Gasteiger partial charge is 0.373 e. The maximum absolute atomic E-state index is 12.2. The zero-order valence-electron chi connectivity index (χ0n) is 13.7. The Morgan fingerprint density at radius 3 is 2.50 bits per heavy atom. The molecule has 1 unspecified atom stereocenters. The molecular weight excluding hydrogens is 293 g/mol. The van der Waals surface area contributed by atoms with Gasteiger partial charge >= 0.3 is 6.18 Å². The molecule has 1 rings (SSSR count). The molecule has 124 valence electrons. The number of methoxy groups -OCH3 is 1. The van der Waals surface area contributed by atoms with E-state index in [4.69, 9.17) is 4.74 Å². The predicted octanol–water partition coefficient (Wildman–Crippen LogP) is 4.77. The highest BCUT2D eigenvalue weighted by atomic mass is 19.4. The highest BCUT2D eigenvalue weighted by Crippen LogP contribution is 2.40. The first kappa shape index (κ1) is 18.7. The van der Waals surface area contributed by atoms with Gasteiger partial charge in [0.2, 0.25) is 0 Å². The largest absolute Gasteiger partial charge is 0.392 e. The molecule has 1 atom stereocenters. The SMILES string of the molecule is COC1CC(C)(C)C(/C=C/C(C)=C/CC(F)(F)F)=C(C)C1=O. The molecule has 0 saturated carbocycles. The number of alkyl halides is 3. The molecule has 0 aromatic heterocycles. The zero-order chi connectivity index (χ0) is 17.1. The van der Waals surface area contributed by atoms with Crippen molar-refractivity contribution >= 4 is 5.78 Å². The van der Waals surface area contributed by atoms with E-state index < -0.39 is 18.7 Å². The summed E-state index contributed by atoms with van der Waals surface area (Å²) >= 11 is 0. The molecule has 22 heavy (non-hydrogen) atoms. The van der Waals surface area contributed by atoms with Crippen molar-refractivity contribution < 1.29 is 22.7 Å². The Morgan fingerprint density at radius 1 is 1.41 bits per heavy atom. The molecule has 0 spiro atoms. The van der Waals surface area contributed by atoms with Crippen molar-refractivity contribution in [2.24, 2.45) is 5.41 Å². The summed E-state index contributed by atoms with van der Waals surface area (Å²) in [5.41, 5.74) is 1.72. The number of halogens is 3. The molecule has 0 N–H and O–H groups in total. The highest BCUT2D eigenvalue weighted by molar-refractivity contribution is 6.00. The molecule has 0 amide bonds. The molecular formula is C17H23F3O2. The third-order valence-electron chi connectivity index (χ3n) is 3.94. The molecule has 0 aromatic carbocycles. The van der Waals surface area contributed by atoms with E-state index in [1.165, 1.54) is 7.11 Å². The number of ether oxygens (including phenoxy) is 1. The Bertz CT molecular complexity index is 523. The van der Waals surface area contributed by atoms with Crippen LogP contribution in [-0.4, -0.2) is 25.2 Å². The van der Waals surface area contributed by atoms with Crippen molar-refractivity contribution in [1.82, 2.24) is 0 Å².